The SMILES string of the molecule is Cc1ccc(CN=C(N)N)c(OCC2CC2)c1.I. The molecule has 0 aliphatic heterocycles. The Morgan fingerprint density at radius 3 is 2.72 bits per heavy atom. The molecule has 0 heterocycles. The Balaban J connectivity index is 0.00000162. The summed E-state index contributed by atoms with van der Waals surface area (Å²) in [6.07, 6.45) is 2.57. The summed E-state index contributed by atoms with van der Waals surface area (Å²) in [5.41, 5.74) is 12.9. The number of hydrogen-bond acceptors (Lipinski definition) is 2. The van der Waals surface area contributed by atoms with Crippen molar-refractivity contribution in [3.8, 4) is 5.75 Å². The molecule has 0 saturated heterocycles. The van der Waals surface area contributed by atoms with Gasteiger partial charge in [-0.05, 0) is 37.3 Å². The Morgan fingerprint density at radius 2 is 2.11 bits per heavy atom. The lowest BCUT2D eigenvalue weighted by Gasteiger charge is -2.10. The predicted octanol–water partition coefficient (Wildman–Crippen LogP) is 2.18. The number of aryl methyl sites for hydroxylation is 1. The molecular formula is C13H20IN3O. The van der Waals surface area contributed by atoms with Crippen molar-refractivity contribution in [2.45, 2.75) is 26.3 Å². The van der Waals surface area contributed by atoms with Gasteiger partial charge >= 0.3 is 0 Å². The Kier molecular flexibility index (Phi) is 5.71. The van der Waals surface area contributed by atoms with Crippen molar-refractivity contribution in [3.05, 3.63) is 29.3 Å². The molecule has 0 spiro atoms. The minimum Gasteiger partial charge on any atom is -0.493 e. The summed E-state index contributed by atoms with van der Waals surface area (Å²) in [7, 11) is 0. The number of hydrogen-bond donors (Lipinski definition) is 2. The van der Waals surface area contributed by atoms with E-state index in [0.717, 1.165) is 23.8 Å². The highest BCUT2D eigenvalue weighted by molar-refractivity contribution is 14.0. The number of rotatable bonds is 5. The van der Waals surface area contributed by atoms with E-state index in [2.05, 4.69) is 4.99 Å². The lowest BCUT2D eigenvalue weighted by molar-refractivity contribution is 0.296. The zero-order chi connectivity index (χ0) is 12.3. The number of aliphatic imine (C=N–C) groups is 1. The number of benzene rings is 1. The second-order valence-corrected chi connectivity index (χ2v) is 4.61. The third-order valence-electron chi connectivity index (χ3n) is 2.83. The molecule has 4 nitrogen and oxygen atoms in total. The molecule has 2 rings (SSSR count). The van der Waals surface area contributed by atoms with Gasteiger partial charge in [0.2, 0.25) is 0 Å². The molecule has 5 heteroatoms. The van der Waals surface area contributed by atoms with Gasteiger partial charge in [0.15, 0.2) is 5.96 Å². The molecule has 1 aromatic rings. The van der Waals surface area contributed by atoms with Crippen LogP contribution < -0.4 is 16.2 Å². The van der Waals surface area contributed by atoms with E-state index in [1.54, 1.807) is 0 Å². The van der Waals surface area contributed by atoms with E-state index in [1.807, 2.05) is 25.1 Å². The van der Waals surface area contributed by atoms with Crippen LogP contribution in [-0.4, -0.2) is 12.6 Å². The van der Waals surface area contributed by atoms with Crippen molar-refractivity contribution in [2.24, 2.45) is 22.4 Å². The van der Waals surface area contributed by atoms with Crippen LogP contribution in [-0.2, 0) is 6.54 Å². The first-order valence-electron chi connectivity index (χ1n) is 5.93. The number of guanidine groups is 1. The molecule has 4 N–H and O–H groups in total. The van der Waals surface area contributed by atoms with Crippen LogP contribution in [0, 0.1) is 12.8 Å². The summed E-state index contributed by atoms with van der Waals surface area (Å²) in [4.78, 5) is 4.02. The zero-order valence-electron chi connectivity index (χ0n) is 10.6. The summed E-state index contributed by atoms with van der Waals surface area (Å²) in [6, 6.07) is 6.10. The standard InChI is InChI=1S/C13H19N3O.HI/c1-9-2-5-11(7-16-13(14)15)12(6-9)17-8-10-3-4-10;/h2,5-6,10H,3-4,7-8H2,1H3,(H4,14,15,16);1H. The van der Waals surface area contributed by atoms with Crippen LogP contribution in [0.25, 0.3) is 0 Å². The molecule has 0 aromatic heterocycles. The highest BCUT2D eigenvalue weighted by Crippen LogP contribution is 2.30. The monoisotopic (exact) mass is 361 g/mol. The largest absolute Gasteiger partial charge is 0.493 e. The van der Waals surface area contributed by atoms with Gasteiger partial charge in [0.25, 0.3) is 0 Å². The molecule has 1 fully saturated rings. The van der Waals surface area contributed by atoms with Crippen molar-refractivity contribution in [1.29, 1.82) is 0 Å². The summed E-state index contributed by atoms with van der Waals surface area (Å²) < 4.78 is 5.82. The van der Waals surface area contributed by atoms with Crippen molar-refractivity contribution in [2.75, 3.05) is 6.61 Å². The summed E-state index contributed by atoms with van der Waals surface area (Å²) in [5, 5.41) is 0. The quantitative estimate of drug-likeness (QED) is 0.480. The van der Waals surface area contributed by atoms with Gasteiger partial charge in [-0.3, -0.25) is 0 Å². The maximum absolute atomic E-state index is 5.82. The lowest BCUT2D eigenvalue weighted by atomic mass is 10.1. The second-order valence-electron chi connectivity index (χ2n) is 4.61. The van der Waals surface area contributed by atoms with Crippen LogP contribution in [0.15, 0.2) is 23.2 Å². The van der Waals surface area contributed by atoms with Crippen molar-refractivity contribution >= 4 is 29.9 Å². The molecule has 1 aliphatic carbocycles. The van der Waals surface area contributed by atoms with Crippen LogP contribution in [0.5, 0.6) is 5.75 Å². The molecule has 0 bridgehead atoms. The Labute approximate surface area is 125 Å². The summed E-state index contributed by atoms with van der Waals surface area (Å²) in [6.45, 7) is 3.33. The average Bonchev–Trinajstić information content (AvgIpc) is 3.08. The maximum Gasteiger partial charge on any atom is 0.186 e. The van der Waals surface area contributed by atoms with E-state index in [4.69, 9.17) is 16.2 Å². The highest BCUT2D eigenvalue weighted by atomic mass is 127. The van der Waals surface area contributed by atoms with Crippen molar-refractivity contribution in [1.82, 2.24) is 0 Å². The molecule has 0 radical (unpaired) electrons. The number of nitrogens with two attached hydrogens (primary N) is 2. The molecule has 0 atom stereocenters. The maximum atomic E-state index is 5.82. The van der Waals surface area contributed by atoms with Crippen LogP contribution in [0.2, 0.25) is 0 Å². The van der Waals surface area contributed by atoms with E-state index < -0.39 is 0 Å². The Bertz CT molecular complexity index is 426. The normalized spacial score (nSPS) is 13.6. The van der Waals surface area contributed by atoms with E-state index in [0.29, 0.717) is 6.54 Å². The molecule has 0 unspecified atom stereocenters. The Morgan fingerprint density at radius 1 is 1.39 bits per heavy atom. The summed E-state index contributed by atoms with van der Waals surface area (Å²) >= 11 is 0. The van der Waals surface area contributed by atoms with Gasteiger partial charge in [-0.2, -0.15) is 0 Å². The fourth-order valence-electron chi connectivity index (χ4n) is 1.60. The van der Waals surface area contributed by atoms with Gasteiger partial charge < -0.3 is 16.2 Å². The van der Waals surface area contributed by atoms with Gasteiger partial charge in [0.05, 0.1) is 13.2 Å². The molecule has 1 aromatic carbocycles. The van der Waals surface area contributed by atoms with E-state index >= 15 is 0 Å². The van der Waals surface area contributed by atoms with E-state index in [-0.39, 0.29) is 29.9 Å². The number of halogens is 1. The van der Waals surface area contributed by atoms with Crippen LogP contribution in [0.3, 0.4) is 0 Å². The molecule has 0 amide bonds. The van der Waals surface area contributed by atoms with Crippen LogP contribution >= 0.6 is 24.0 Å². The molecular weight excluding hydrogens is 341 g/mol. The highest BCUT2D eigenvalue weighted by Gasteiger charge is 2.22. The van der Waals surface area contributed by atoms with Crippen molar-refractivity contribution < 1.29 is 4.74 Å². The lowest BCUT2D eigenvalue weighted by Crippen LogP contribution is -2.22. The predicted molar refractivity (Wildman–Crippen MR) is 84.3 cm³/mol. The van der Waals surface area contributed by atoms with Gasteiger partial charge in [-0.1, -0.05) is 12.1 Å². The smallest absolute Gasteiger partial charge is 0.186 e. The fourth-order valence-corrected chi connectivity index (χ4v) is 1.60. The first-order chi connectivity index (χ1) is 8.15. The van der Waals surface area contributed by atoms with Crippen LogP contribution in [0.4, 0.5) is 0 Å². The van der Waals surface area contributed by atoms with Gasteiger partial charge in [-0.15, -0.1) is 24.0 Å². The summed E-state index contributed by atoms with van der Waals surface area (Å²) in [5.74, 6) is 1.76. The number of ether oxygens (including phenoxy) is 1. The molecule has 1 aliphatic rings. The second kappa shape index (κ2) is 6.82. The Hall–Kier alpha value is -0.980. The van der Waals surface area contributed by atoms with Crippen molar-refractivity contribution in [3.63, 3.8) is 0 Å². The third kappa shape index (κ3) is 4.72. The average molecular weight is 361 g/mol. The topological polar surface area (TPSA) is 73.6 Å². The van der Waals surface area contributed by atoms with Gasteiger partial charge in [0, 0.05) is 5.56 Å². The molecule has 18 heavy (non-hydrogen) atoms. The minimum atomic E-state index is 0. The number of nitrogens with zero attached hydrogens (tertiary/aromatic N) is 1. The molecule has 1 saturated carbocycles. The van der Waals surface area contributed by atoms with E-state index in [1.165, 1.54) is 18.4 Å². The first kappa shape index (κ1) is 15.1. The zero-order valence-corrected chi connectivity index (χ0v) is 12.9. The third-order valence-corrected chi connectivity index (χ3v) is 2.83. The minimum absolute atomic E-state index is 0. The van der Waals surface area contributed by atoms with Gasteiger partial charge in [-0.25, -0.2) is 4.99 Å². The van der Waals surface area contributed by atoms with E-state index in [9.17, 15) is 0 Å². The first-order valence-corrected chi connectivity index (χ1v) is 5.93. The van der Waals surface area contributed by atoms with Crippen LogP contribution in [0.1, 0.15) is 24.0 Å². The fraction of sp³-hybridized carbons (Fsp3) is 0.462. The molecule has 100 valence electrons. The van der Waals surface area contributed by atoms with Gasteiger partial charge in [0.1, 0.15) is 5.75 Å².